The van der Waals surface area contributed by atoms with E-state index in [2.05, 4.69) is 10.6 Å². The number of benzene rings is 2. The molecule has 2 aromatic rings. The van der Waals surface area contributed by atoms with Gasteiger partial charge in [-0.25, -0.2) is 0 Å². The third kappa shape index (κ3) is 5.49. The molecule has 0 bridgehead atoms. The van der Waals surface area contributed by atoms with Gasteiger partial charge < -0.3 is 25.3 Å². The van der Waals surface area contributed by atoms with Gasteiger partial charge in [-0.2, -0.15) is 0 Å². The highest BCUT2D eigenvalue weighted by molar-refractivity contribution is 6.31. The van der Waals surface area contributed by atoms with Crippen LogP contribution in [0.5, 0.6) is 5.75 Å². The molecule has 2 aromatic carbocycles. The molecule has 8 heteroatoms. The lowest BCUT2D eigenvalue weighted by atomic mass is 10.1. The monoisotopic (exact) mass is 375 g/mol. The van der Waals surface area contributed by atoms with Crippen LogP contribution in [0, 0.1) is 0 Å². The second kappa shape index (κ2) is 8.87. The van der Waals surface area contributed by atoms with Crippen LogP contribution in [0.2, 0.25) is 5.02 Å². The molecule has 0 aliphatic heterocycles. The van der Waals surface area contributed by atoms with E-state index in [1.54, 1.807) is 30.3 Å². The van der Waals surface area contributed by atoms with Crippen molar-refractivity contribution in [1.29, 1.82) is 0 Å². The molecule has 0 aliphatic rings. The highest BCUT2D eigenvalue weighted by Gasteiger charge is 2.11. The van der Waals surface area contributed by atoms with Crippen molar-refractivity contribution in [3.8, 4) is 5.75 Å². The van der Waals surface area contributed by atoms with Gasteiger partial charge in [0, 0.05) is 28.7 Å². The fraction of sp³-hybridized carbons (Fsp3) is 0.167. The number of nitrogens with one attached hydrogen (secondary N) is 2. The number of amides is 2. The van der Waals surface area contributed by atoms with Gasteiger partial charge in [-0.3, -0.25) is 9.59 Å². The number of methoxy groups -OCH3 is 1. The van der Waals surface area contributed by atoms with Gasteiger partial charge >= 0.3 is 0 Å². The summed E-state index contributed by atoms with van der Waals surface area (Å²) in [5, 5.41) is 16.0. The van der Waals surface area contributed by atoms with Crippen molar-refractivity contribution in [2.24, 2.45) is 0 Å². The summed E-state index contributed by atoms with van der Waals surface area (Å²) in [4.78, 5) is 34.2. The number of hydrogen-bond donors (Lipinski definition) is 2. The van der Waals surface area contributed by atoms with Gasteiger partial charge in [0.1, 0.15) is 5.75 Å². The molecule has 0 saturated heterocycles. The molecule has 0 heterocycles. The Labute approximate surface area is 154 Å². The Balaban J connectivity index is 2.01. The van der Waals surface area contributed by atoms with Crippen molar-refractivity contribution in [2.45, 2.75) is 12.8 Å². The van der Waals surface area contributed by atoms with Crippen LogP contribution < -0.4 is 20.5 Å². The average molecular weight is 376 g/mol. The third-order valence-corrected chi connectivity index (χ3v) is 3.63. The van der Waals surface area contributed by atoms with E-state index >= 15 is 0 Å². The molecule has 7 nitrogen and oxygen atoms in total. The van der Waals surface area contributed by atoms with Crippen molar-refractivity contribution < 1.29 is 24.2 Å². The summed E-state index contributed by atoms with van der Waals surface area (Å²) in [5.74, 6) is -1.64. The largest absolute Gasteiger partial charge is 0.550 e. The number of carbonyl (C=O) groups is 3. The normalized spacial score (nSPS) is 10.1. The summed E-state index contributed by atoms with van der Waals surface area (Å²) in [6, 6.07) is 11.0. The van der Waals surface area contributed by atoms with Gasteiger partial charge in [-0.05, 0) is 48.9 Å². The van der Waals surface area contributed by atoms with Gasteiger partial charge in [-0.1, -0.05) is 11.6 Å². The maximum absolute atomic E-state index is 12.3. The number of anilines is 2. The molecule has 2 N–H and O–H groups in total. The fourth-order valence-corrected chi connectivity index (χ4v) is 2.29. The van der Waals surface area contributed by atoms with Crippen LogP contribution in [-0.4, -0.2) is 24.9 Å². The predicted molar refractivity (Wildman–Crippen MR) is 95.3 cm³/mol. The van der Waals surface area contributed by atoms with E-state index < -0.39 is 11.9 Å². The zero-order chi connectivity index (χ0) is 19.1. The molecule has 0 fully saturated rings. The van der Waals surface area contributed by atoms with E-state index in [4.69, 9.17) is 16.3 Å². The zero-order valence-electron chi connectivity index (χ0n) is 13.9. The van der Waals surface area contributed by atoms with Crippen LogP contribution in [0.25, 0.3) is 0 Å². The topological polar surface area (TPSA) is 108 Å². The van der Waals surface area contributed by atoms with E-state index in [0.29, 0.717) is 27.7 Å². The molecular weight excluding hydrogens is 360 g/mol. The minimum absolute atomic E-state index is 0.181. The number of ether oxygens (including phenoxy) is 1. The Hall–Kier alpha value is -3.06. The molecule has 2 amide bonds. The second-order valence-electron chi connectivity index (χ2n) is 5.30. The minimum Gasteiger partial charge on any atom is -0.550 e. The van der Waals surface area contributed by atoms with Crippen molar-refractivity contribution in [3.63, 3.8) is 0 Å². The summed E-state index contributed by atoms with van der Waals surface area (Å²) < 4.78 is 5.17. The van der Waals surface area contributed by atoms with Crippen molar-refractivity contribution in [2.75, 3.05) is 17.7 Å². The lowest BCUT2D eigenvalue weighted by Gasteiger charge is -2.11. The number of rotatable bonds is 7. The summed E-state index contributed by atoms with van der Waals surface area (Å²) in [6.45, 7) is 0. The maximum atomic E-state index is 12.3. The Morgan fingerprint density at radius 1 is 1.04 bits per heavy atom. The Morgan fingerprint density at radius 2 is 1.73 bits per heavy atom. The number of aliphatic carboxylic acids is 1. The Kier molecular flexibility index (Phi) is 6.57. The van der Waals surface area contributed by atoms with Crippen LogP contribution in [0.3, 0.4) is 0 Å². The van der Waals surface area contributed by atoms with Crippen LogP contribution in [0.1, 0.15) is 23.2 Å². The molecular formula is C18H16ClN2O5-. The highest BCUT2D eigenvalue weighted by atomic mass is 35.5. The van der Waals surface area contributed by atoms with Crippen molar-refractivity contribution in [3.05, 3.63) is 53.1 Å². The molecule has 0 saturated carbocycles. The first-order valence-corrected chi connectivity index (χ1v) is 8.01. The zero-order valence-corrected chi connectivity index (χ0v) is 14.6. The lowest BCUT2D eigenvalue weighted by Crippen LogP contribution is -2.24. The predicted octanol–water partition coefficient (Wildman–Crippen LogP) is 2.07. The van der Waals surface area contributed by atoms with E-state index in [1.165, 1.54) is 19.2 Å². The highest BCUT2D eigenvalue weighted by Crippen LogP contribution is 2.28. The third-order valence-electron chi connectivity index (χ3n) is 3.40. The summed E-state index contributed by atoms with van der Waals surface area (Å²) >= 11 is 5.93. The molecule has 26 heavy (non-hydrogen) atoms. The molecule has 0 radical (unpaired) electrons. The molecule has 0 spiro atoms. The van der Waals surface area contributed by atoms with Crippen LogP contribution in [0.4, 0.5) is 11.4 Å². The lowest BCUT2D eigenvalue weighted by molar-refractivity contribution is -0.305. The first kappa shape index (κ1) is 19.3. The Bertz CT molecular complexity index is 821. The quantitative estimate of drug-likeness (QED) is 0.770. The molecule has 2 rings (SSSR count). The first-order chi connectivity index (χ1) is 12.4. The van der Waals surface area contributed by atoms with E-state index in [9.17, 15) is 19.5 Å². The average Bonchev–Trinajstić information content (AvgIpc) is 2.61. The number of carboxylic acids is 1. The summed E-state index contributed by atoms with van der Waals surface area (Å²) in [5.41, 5.74) is 1.25. The molecule has 136 valence electrons. The minimum atomic E-state index is -1.29. The molecule has 0 aliphatic carbocycles. The van der Waals surface area contributed by atoms with Gasteiger partial charge in [0.05, 0.1) is 12.8 Å². The number of carbonyl (C=O) groups excluding carboxylic acids is 3. The Morgan fingerprint density at radius 3 is 2.35 bits per heavy atom. The number of carboxylic acid groups (broad SMARTS) is 1. The van der Waals surface area contributed by atoms with Gasteiger partial charge in [0.2, 0.25) is 5.91 Å². The standard InChI is InChI=1S/C18H17ClN2O5/c1-26-15-7-4-12(19)10-14(15)21-18(25)11-2-5-13(6-3-11)20-16(22)8-9-17(23)24/h2-7,10H,8-9H2,1H3,(H,20,22)(H,21,25)(H,23,24)/p-1. The smallest absolute Gasteiger partial charge is 0.255 e. The van der Waals surface area contributed by atoms with Gasteiger partial charge in [0.15, 0.2) is 0 Å². The number of halogens is 1. The van der Waals surface area contributed by atoms with Gasteiger partial charge in [0.25, 0.3) is 5.91 Å². The van der Waals surface area contributed by atoms with Crippen molar-refractivity contribution >= 4 is 40.8 Å². The molecule has 0 unspecified atom stereocenters. The maximum Gasteiger partial charge on any atom is 0.255 e. The summed E-state index contributed by atoms with van der Waals surface area (Å²) in [6.07, 6.45) is -0.535. The van der Waals surface area contributed by atoms with E-state index in [-0.39, 0.29) is 18.7 Å². The first-order valence-electron chi connectivity index (χ1n) is 7.63. The second-order valence-corrected chi connectivity index (χ2v) is 5.73. The van der Waals surface area contributed by atoms with Crippen LogP contribution in [0.15, 0.2) is 42.5 Å². The molecule has 0 atom stereocenters. The van der Waals surface area contributed by atoms with Gasteiger partial charge in [-0.15, -0.1) is 0 Å². The van der Waals surface area contributed by atoms with E-state index in [0.717, 1.165) is 0 Å². The summed E-state index contributed by atoms with van der Waals surface area (Å²) in [7, 11) is 1.48. The van der Waals surface area contributed by atoms with Crippen molar-refractivity contribution in [1.82, 2.24) is 0 Å². The number of hydrogen-bond acceptors (Lipinski definition) is 5. The van der Waals surface area contributed by atoms with Crippen LogP contribution >= 0.6 is 11.6 Å². The van der Waals surface area contributed by atoms with E-state index in [1.807, 2.05) is 0 Å². The van der Waals surface area contributed by atoms with Crippen LogP contribution in [-0.2, 0) is 9.59 Å². The molecule has 0 aromatic heterocycles. The fourth-order valence-electron chi connectivity index (χ4n) is 2.12. The SMILES string of the molecule is COc1ccc(Cl)cc1NC(=O)c1ccc(NC(=O)CCC(=O)[O-])cc1.